The van der Waals surface area contributed by atoms with Crippen molar-refractivity contribution < 1.29 is 9.90 Å². The predicted octanol–water partition coefficient (Wildman–Crippen LogP) is -2.45. The van der Waals surface area contributed by atoms with Crippen LogP contribution in [-0.2, 0) is 24.4 Å². The van der Waals surface area contributed by atoms with Gasteiger partial charge in [0, 0.05) is 18.8 Å². The molecule has 0 aromatic carbocycles. The molecule has 1 aliphatic heterocycles. The third-order valence-corrected chi connectivity index (χ3v) is 2.70. The minimum Gasteiger partial charge on any atom is -0.480 e. The summed E-state index contributed by atoms with van der Waals surface area (Å²) >= 11 is 0. The van der Waals surface area contributed by atoms with Crippen molar-refractivity contribution in [2.75, 3.05) is 0 Å². The molecule has 0 radical (unpaired) electrons. The van der Waals surface area contributed by atoms with Gasteiger partial charge in [0.1, 0.15) is 6.04 Å². The van der Waals surface area contributed by atoms with Crippen molar-refractivity contribution in [3.63, 3.8) is 0 Å². The topological polar surface area (TPSA) is 130 Å². The smallest absolute Gasteiger partial charge is 0.328 e. The van der Waals surface area contributed by atoms with E-state index in [4.69, 9.17) is 10.8 Å². The summed E-state index contributed by atoms with van der Waals surface area (Å²) < 4.78 is 1.20. The highest BCUT2D eigenvalue weighted by Gasteiger charge is 2.22. The number of rotatable bonds is 3. The maximum atomic E-state index is 11.6. The number of fused-ring (bicyclic) bond motifs is 1. The quantitative estimate of drug-likeness (QED) is 0.464. The van der Waals surface area contributed by atoms with Crippen LogP contribution in [0.1, 0.15) is 11.3 Å². The van der Waals surface area contributed by atoms with Crippen LogP contribution in [0.4, 0.5) is 0 Å². The number of carboxylic acids is 1. The van der Waals surface area contributed by atoms with Gasteiger partial charge in [-0.3, -0.25) is 19.1 Å². The van der Waals surface area contributed by atoms with Gasteiger partial charge in [-0.05, 0) is 0 Å². The average molecular weight is 240 g/mol. The van der Waals surface area contributed by atoms with Crippen LogP contribution < -0.4 is 22.3 Å². The van der Waals surface area contributed by atoms with Gasteiger partial charge in [0.15, 0.2) is 0 Å². The number of aliphatic carboxylic acids is 1. The monoisotopic (exact) mass is 240 g/mol. The van der Waals surface area contributed by atoms with Gasteiger partial charge >= 0.3 is 11.7 Å². The van der Waals surface area contributed by atoms with Crippen LogP contribution in [-0.4, -0.2) is 26.7 Å². The first-order chi connectivity index (χ1) is 8.00. The molecule has 2 heterocycles. The van der Waals surface area contributed by atoms with Gasteiger partial charge < -0.3 is 16.2 Å². The van der Waals surface area contributed by atoms with E-state index in [9.17, 15) is 14.4 Å². The van der Waals surface area contributed by atoms with E-state index in [1.54, 1.807) is 0 Å². The first-order valence-electron chi connectivity index (χ1n) is 5.04. The van der Waals surface area contributed by atoms with E-state index < -0.39 is 23.3 Å². The van der Waals surface area contributed by atoms with Crippen molar-refractivity contribution in [2.24, 2.45) is 5.73 Å². The Morgan fingerprint density at radius 1 is 1.47 bits per heavy atom. The van der Waals surface area contributed by atoms with Crippen LogP contribution in [0, 0.1) is 0 Å². The van der Waals surface area contributed by atoms with Gasteiger partial charge in [-0.2, -0.15) is 0 Å². The van der Waals surface area contributed by atoms with E-state index in [1.807, 2.05) is 0 Å². The Morgan fingerprint density at radius 2 is 2.18 bits per heavy atom. The molecule has 0 saturated heterocycles. The SMILES string of the molecule is N[C@@H](Cn1c2c(c(=O)[nH]c1=O)CNC2)C(=O)O. The summed E-state index contributed by atoms with van der Waals surface area (Å²) in [5.74, 6) is -1.19. The second-order valence-electron chi connectivity index (χ2n) is 3.84. The number of aromatic amines is 1. The molecule has 0 bridgehead atoms. The number of hydrogen-bond donors (Lipinski definition) is 4. The highest BCUT2D eigenvalue weighted by atomic mass is 16.4. The maximum Gasteiger partial charge on any atom is 0.328 e. The molecule has 5 N–H and O–H groups in total. The lowest BCUT2D eigenvalue weighted by Crippen LogP contribution is -2.42. The highest BCUT2D eigenvalue weighted by molar-refractivity contribution is 5.72. The molecule has 1 aromatic heterocycles. The van der Waals surface area contributed by atoms with Gasteiger partial charge in [0.2, 0.25) is 0 Å². The molecule has 0 fully saturated rings. The predicted molar refractivity (Wildman–Crippen MR) is 57.5 cm³/mol. The fourth-order valence-corrected chi connectivity index (χ4v) is 1.81. The number of hydrogen-bond acceptors (Lipinski definition) is 5. The second kappa shape index (κ2) is 4.15. The molecule has 1 aliphatic rings. The molecule has 0 saturated carbocycles. The molecule has 1 atom stereocenters. The summed E-state index contributed by atoms with van der Waals surface area (Å²) in [5, 5.41) is 11.6. The number of aromatic nitrogens is 2. The number of nitrogens with one attached hydrogen (secondary N) is 2. The van der Waals surface area contributed by atoms with Gasteiger partial charge in [0.25, 0.3) is 5.56 Å². The van der Waals surface area contributed by atoms with Crippen molar-refractivity contribution in [3.05, 3.63) is 32.1 Å². The van der Waals surface area contributed by atoms with Crippen LogP contribution in [0.25, 0.3) is 0 Å². The van der Waals surface area contributed by atoms with E-state index in [0.717, 1.165) is 0 Å². The Hall–Kier alpha value is -1.93. The van der Waals surface area contributed by atoms with Crippen LogP contribution in [0.15, 0.2) is 9.59 Å². The van der Waals surface area contributed by atoms with Crippen LogP contribution in [0.5, 0.6) is 0 Å². The van der Waals surface area contributed by atoms with E-state index in [0.29, 0.717) is 24.3 Å². The molecule has 8 nitrogen and oxygen atoms in total. The maximum absolute atomic E-state index is 11.6. The average Bonchev–Trinajstić information content (AvgIpc) is 2.72. The zero-order valence-corrected chi connectivity index (χ0v) is 8.90. The molecular weight excluding hydrogens is 228 g/mol. The number of H-pyrrole nitrogens is 1. The number of carboxylic acid groups (broad SMARTS) is 1. The summed E-state index contributed by atoms with van der Waals surface area (Å²) in [6.07, 6.45) is 0. The molecule has 2 rings (SSSR count). The molecular formula is C9H12N4O4. The van der Waals surface area contributed by atoms with E-state index in [-0.39, 0.29) is 6.54 Å². The lowest BCUT2D eigenvalue weighted by atomic mass is 10.2. The van der Waals surface area contributed by atoms with Crippen LogP contribution in [0.3, 0.4) is 0 Å². The normalized spacial score (nSPS) is 15.6. The van der Waals surface area contributed by atoms with E-state index >= 15 is 0 Å². The Kier molecular flexibility index (Phi) is 2.82. The number of nitrogens with two attached hydrogens (primary N) is 1. The van der Waals surface area contributed by atoms with E-state index in [2.05, 4.69) is 10.3 Å². The summed E-state index contributed by atoms with van der Waals surface area (Å²) in [4.78, 5) is 35.8. The van der Waals surface area contributed by atoms with Crippen molar-refractivity contribution in [2.45, 2.75) is 25.7 Å². The minimum absolute atomic E-state index is 0.158. The lowest BCUT2D eigenvalue weighted by molar-refractivity contribution is -0.138. The number of nitrogens with zero attached hydrogens (tertiary/aromatic N) is 1. The summed E-state index contributed by atoms with van der Waals surface area (Å²) in [6.45, 7) is 0.572. The van der Waals surface area contributed by atoms with Crippen molar-refractivity contribution in [1.82, 2.24) is 14.9 Å². The molecule has 0 unspecified atom stereocenters. The second-order valence-corrected chi connectivity index (χ2v) is 3.84. The highest BCUT2D eigenvalue weighted by Crippen LogP contribution is 2.08. The van der Waals surface area contributed by atoms with E-state index in [1.165, 1.54) is 4.57 Å². The fraction of sp³-hybridized carbons (Fsp3) is 0.444. The van der Waals surface area contributed by atoms with Crippen LogP contribution >= 0.6 is 0 Å². The zero-order chi connectivity index (χ0) is 12.6. The third kappa shape index (κ3) is 1.99. The molecule has 8 heteroatoms. The van der Waals surface area contributed by atoms with Gasteiger partial charge in [-0.1, -0.05) is 0 Å². The molecule has 17 heavy (non-hydrogen) atoms. The standard InChI is InChI=1S/C9H12N4O4/c10-5(8(15)16)3-13-6-2-11-1-4(6)7(14)12-9(13)17/h5,11H,1-3,10H2,(H,15,16)(H,12,14,17)/t5-/m0/s1. The molecule has 1 aromatic rings. The minimum atomic E-state index is -1.19. The molecule has 0 amide bonds. The van der Waals surface area contributed by atoms with Crippen molar-refractivity contribution >= 4 is 5.97 Å². The fourth-order valence-electron chi connectivity index (χ4n) is 1.81. The Balaban J connectivity index is 2.48. The number of carbonyl (C=O) groups is 1. The third-order valence-electron chi connectivity index (χ3n) is 2.70. The Labute approximate surface area is 95.1 Å². The zero-order valence-electron chi connectivity index (χ0n) is 8.90. The van der Waals surface area contributed by atoms with Gasteiger partial charge in [0.05, 0.1) is 12.1 Å². The first-order valence-corrected chi connectivity index (χ1v) is 5.04. The summed E-state index contributed by atoms with van der Waals surface area (Å²) in [7, 11) is 0. The largest absolute Gasteiger partial charge is 0.480 e. The molecule has 92 valence electrons. The molecule has 0 spiro atoms. The van der Waals surface area contributed by atoms with Gasteiger partial charge in [-0.15, -0.1) is 0 Å². The van der Waals surface area contributed by atoms with Gasteiger partial charge in [-0.25, -0.2) is 4.79 Å². The first kappa shape index (κ1) is 11.6. The summed E-state index contributed by atoms with van der Waals surface area (Å²) in [5.41, 5.74) is 5.28. The lowest BCUT2D eigenvalue weighted by Gasteiger charge is -2.12. The summed E-state index contributed by atoms with van der Waals surface area (Å²) in [6, 6.07) is -1.18. The Morgan fingerprint density at radius 3 is 2.82 bits per heavy atom. The van der Waals surface area contributed by atoms with Crippen molar-refractivity contribution in [1.29, 1.82) is 0 Å². The molecule has 0 aliphatic carbocycles. The van der Waals surface area contributed by atoms with Crippen molar-refractivity contribution in [3.8, 4) is 0 Å². The van der Waals surface area contributed by atoms with Crippen LogP contribution in [0.2, 0.25) is 0 Å². The Bertz CT molecular complexity index is 573.